The molecule has 28 heavy (non-hydrogen) atoms. The monoisotopic (exact) mass is 406 g/mol. The lowest BCUT2D eigenvalue weighted by Crippen LogP contribution is -2.30. The Morgan fingerprint density at radius 1 is 1.25 bits per heavy atom. The van der Waals surface area contributed by atoms with E-state index in [0.29, 0.717) is 36.3 Å². The van der Waals surface area contributed by atoms with Gasteiger partial charge in [-0.2, -0.15) is 4.31 Å². The number of benzene rings is 1. The highest BCUT2D eigenvalue weighted by atomic mass is 32.2. The topological polar surface area (TPSA) is 84.3 Å². The van der Waals surface area contributed by atoms with Crippen molar-refractivity contribution in [3.8, 4) is 0 Å². The molecule has 0 spiro atoms. The maximum absolute atomic E-state index is 12.9. The van der Waals surface area contributed by atoms with Gasteiger partial charge in [0.1, 0.15) is 5.82 Å². The molecular weight excluding hydrogens is 376 g/mol. The SMILES string of the molecule is CCCn1c(CCC(=O)NC(C)C)nc2cc(S(=O)(=O)N3CCCC3)ccc21. The third kappa shape index (κ3) is 4.38. The van der Waals surface area contributed by atoms with E-state index in [4.69, 9.17) is 0 Å². The molecule has 2 aromatic rings. The van der Waals surface area contributed by atoms with Crippen molar-refractivity contribution in [1.29, 1.82) is 0 Å². The lowest BCUT2D eigenvalue weighted by molar-refractivity contribution is -0.121. The molecule has 0 atom stereocenters. The molecule has 1 aromatic carbocycles. The Kier molecular flexibility index (Phi) is 6.40. The van der Waals surface area contributed by atoms with Crippen molar-refractivity contribution in [2.75, 3.05) is 13.1 Å². The summed E-state index contributed by atoms with van der Waals surface area (Å²) < 4.78 is 29.4. The van der Waals surface area contributed by atoms with E-state index in [-0.39, 0.29) is 11.9 Å². The summed E-state index contributed by atoms with van der Waals surface area (Å²) in [5.41, 5.74) is 1.59. The van der Waals surface area contributed by atoms with Gasteiger partial charge in [-0.25, -0.2) is 13.4 Å². The normalized spacial score (nSPS) is 15.6. The number of hydrogen-bond donors (Lipinski definition) is 1. The van der Waals surface area contributed by atoms with Crippen LogP contribution in [0.25, 0.3) is 11.0 Å². The summed E-state index contributed by atoms with van der Waals surface area (Å²) in [6.45, 7) is 7.92. The molecule has 1 aliphatic heterocycles. The first kappa shape index (κ1) is 20.8. The van der Waals surface area contributed by atoms with Crippen molar-refractivity contribution < 1.29 is 13.2 Å². The van der Waals surface area contributed by atoms with Crippen LogP contribution in [-0.4, -0.2) is 47.3 Å². The maximum Gasteiger partial charge on any atom is 0.243 e. The molecule has 1 saturated heterocycles. The van der Waals surface area contributed by atoms with Crippen LogP contribution in [-0.2, 0) is 27.8 Å². The minimum absolute atomic E-state index is 0.00223. The molecule has 1 amide bonds. The third-order valence-corrected chi connectivity index (χ3v) is 6.87. The van der Waals surface area contributed by atoms with Crippen LogP contribution in [0.15, 0.2) is 23.1 Å². The van der Waals surface area contributed by atoms with Crippen molar-refractivity contribution in [3.05, 3.63) is 24.0 Å². The summed E-state index contributed by atoms with van der Waals surface area (Å²) in [6, 6.07) is 5.31. The number of fused-ring (bicyclic) bond motifs is 1. The molecular formula is C20H30N4O3S. The summed E-state index contributed by atoms with van der Waals surface area (Å²) in [6.07, 6.45) is 3.65. The fourth-order valence-corrected chi connectivity index (χ4v) is 5.22. The fourth-order valence-electron chi connectivity index (χ4n) is 3.68. The van der Waals surface area contributed by atoms with E-state index in [1.807, 2.05) is 19.9 Å². The first-order valence-corrected chi connectivity index (χ1v) is 11.6. The average Bonchev–Trinajstić information content (AvgIpc) is 3.28. The van der Waals surface area contributed by atoms with Gasteiger partial charge >= 0.3 is 0 Å². The van der Waals surface area contributed by atoms with Gasteiger partial charge in [-0.05, 0) is 51.3 Å². The molecule has 0 bridgehead atoms. The van der Waals surface area contributed by atoms with Crippen LogP contribution in [0.4, 0.5) is 0 Å². The second-order valence-electron chi connectivity index (χ2n) is 7.66. The summed E-state index contributed by atoms with van der Waals surface area (Å²) in [7, 11) is -3.47. The number of imidazole rings is 1. The van der Waals surface area contributed by atoms with Gasteiger partial charge in [0.05, 0.1) is 15.9 Å². The number of carbonyl (C=O) groups excluding carboxylic acids is 1. The van der Waals surface area contributed by atoms with Crippen molar-refractivity contribution in [1.82, 2.24) is 19.2 Å². The quantitative estimate of drug-likeness (QED) is 0.730. The van der Waals surface area contributed by atoms with Crippen LogP contribution < -0.4 is 5.32 Å². The first-order chi connectivity index (χ1) is 13.3. The molecule has 0 unspecified atom stereocenters. The zero-order valence-electron chi connectivity index (χ0n) is 16.9. The lowest BCUT2D eigenvalue weighted by atomic mass is 10.2. The summed E-state index contributed by atoms with van der Waals surface area (Å²) in [5.74, 6) is 0.828. The minimum Gasteiger partial charge on any atom is -0.354 e. The molecule has 1 N–H and O–H groups in total. The van der Waals surface area contributed by atoms with Crippen molar-refractivity contribution in [2.24, 2.45) is 0 Å². The van der Waals surface area contributed by atoms with Gasteiger partial charge in [0.15, 0.2) is 0 Å². The largest absolute Gasteiger partial charge is 0.354 e. The Hall–Kier alpha value is -1.93. The van der Waals surface area contributed by atoms with E-state index in [9.17, 15) is 13.2 Å². The number of rotatable bonds is 8. The number of nitrogens with one attached hydrogen (secondary N) is 1. The third-order valence-electron chi connectivity index (χ3n) is 4.97. The Balaban J connectivity index is 1.90. The van der Waals surface area contributed by atoms with E-state index in [2.05, 4.69) is 21.8 Å². The molecule has 8 heteroatoms. The predicted octanol–water partition coefficient (Wildman–Crippen LogP) is 2.69. The molecule has 1 aliphatic rings. The Morgan fingerprint density at radius 2 is 1.96 bits per heavy atom. The molecule has 2 heterocycles. The van der Waals surface area contributed by atoms with Crippen molar-refractivity contribution in [2.45, 2.75) is 70.4 Å². The smallest absolute Gasteiger partial charge is 0.243 e. The Bertz CT molecular complexity index is 944. The van der Waals surface area contributed by atoms with E-state index in [1.165, 1.54) is 0 Å². The van der Waals surface area contributed by atoms with Crippen LogP contribution in [0.3, 0.4) is 0 Å². The lowest BCUT2D eigenvalue weighted by Gasteiger charge is -2.15. The number of aryl methyl sites for hydroxylation is 2. The number of carbonyl (C=O) groups is 1. The molecule has 7 nitrogen and oxygen atoms in total. The Labute approximate surface area is 167 Å². The fraction of sp³-hybridized carbons (Fsp3) is 0.600. The van der Waals surface area contributed by atoms with Crippen molar-refractivity contribution in [3.63, 3.8) is 0 Å². The van der Waals surface area contributed by atoms with E-state index < -0.39 is 10.0 Å². The number of nitrogens with zero attached hydrogens (tertiary/aromatic N) is 3. The van der Waals surface area contributed by atoms with E-state index in [1.54, 1.807) is 16.4 Å². The highest BCUT2D eigenvalue weighted by Gasteiger charge is 2.27. The van der Waals surface area contributed by atoms with Gasteiger partial charge in [0.25, 0.3) is 0 Å². The van der Waals surface area contributed by atoms with Gasteiger partial charge in [-0.1, -0.05) is 6.92 Å². The summed E-state index contributed by atoms with van der Waals surface area (Å²) >= 11 is 0. The second kappa shape index (κ2) is 8.61. The minimum atomic E-state index is -3.47. The molecule has 154 valence electrons. The zero-order valence-corrected chi connectivity index (χ0v) is 17.8. The van der Waals surface area contributed by atoms with Crippen LogP contribution in [0.2, 0.25) is 0 Å². The molecule has 1 fully saturated rings. The highest BCUT2D eigenvalue weighted by Crippen LogP contribution is 2.25. The van der Waals surface area contributed by atoms with Gasteiger partial charge in [-0.15, -0.1) is 0 Å². The molecule has 0 aliphatic carbocycles. The number of aromatic nitrogens is 2. The molecule has 0 saturated carbocycles. The van der Waals surface area contributed by atoms with Crippen LogP contribution >= 0.6 is 0 Å². The molecule has 3 rings (SSSR count). The van der Waals surface area contributed by atoms with Gasteiger partial charge in [0.2, 0.25) is 15.9 Å². The summed E-state index contributed by atoms with van der Waals surface area (Å²) in [5, 5.41) is 2.90. The highest BCUT2D eigenvalue weighted by molar-refractivity contribution is 7.89. The first-order valence-electron chi connectivity index (χ1n) is 10.1. The predicted molar refractivity (Wildman–Crippen MR) is 110 cm³/mol. The Morgan fingerprint density at radius 3 is 2.61 bits per heavy atom. The van der Waals surface area contributed by atoms with Crippen LogP contribution in [0, 0.1) is 0 Å². The van der Waals surface area contributed by atoms with Gasteiger partial charge < -0.3 is 9.88 Å². The number of hydrogen-bond acceptors (Lipinski definition) is 4. The molecule has 1 aromatic heterocycles. The average molecular weight is 407 g/mol. The molecule has 0 radical (unpaired) electrons. The van der Waals surface area contributed by atoms with Crippen LogP contribution in [0.5, 0.6) is 0 Å². The number of amides is 1. The van der Waals surface area contributed by atoms with E-state index in [0.717, 1.165) is 37.1 Å². The van der Waals surface area contributed by atoms with E-state index >= 15 is 0 Å². The second-order valence-corrected chi connectivity index (χ2v) is 9.60. The zero-order chi connectivity index (χ0) is 20.3. The number of sulfonamides is 1. The van der Waals surface area contributed by atoms with Crippen molar-refractivity contribution >= 4 is 27.0 Å². The standard InChI is InChI=1S/C20H30N4O3S/c1-4-11-24-18-8-7-16(28(26,27)23-12-5-6-13-23)14-17(18)22-19(24)9-10-20(25)21-15(2)3/h7-8,14-15H,4-6,9-13H2,1-3H3,(H,21,25). The summed E-state index contributed by atoms with van der Waals surface area (Å²) in [4.78, 5) is 17.0. The maximum atomic E-state index is 12.9. The van der Waals surface area contributed by atoms with Gasteiger partial charge in [0, 0.05) is 38.5 Å². The van der Waals surface area contributed by atoms with Crippen LogP contribution in [0.1, 0.15) is 52.3 Å². The van der Waals surface area contributed by atoms with Gasteiger partial charge in [-0.3, -0.25) is 4.79 Å².